The van der Waals surface area contributed by atoms with Gasteiger partial charge >= 0.3 is 0 Å². The molecule has 3 nitrogen and oxygen atoms in total. The van der Waals surface area contributed by atoms with Crippen LogP contribution in [0.25, 0.3) is 0 Å². The van der Waals surface area contributed by atoms with Gasteiger partial charge in [-0.25, -0.2) is 0 Å². The summed E-state index contributed by atoms with van der Waals surface area (Å²) in [6.45, 7) is 4.03. The SMILES string of the molecule is CCNC1O[C@H]1CNC. The fourth-order valence-corrected chi connectivity index (χ4v) is 0.880. The predicted molar refractivity (Wildman–Crippen MR) is 36.3 cm³/mol. The van der Waals surface area contributed by atoms with Gasteiger partial charge in [0.1, 0.15) is 12.3 Å². The van der Waals surface area contributed by atoms with E-state index in [-0.39, 0.29) is 0 Å². The van der Waals surface area contributed by atoms with Gasteiger partial charge in [-0.2, -0.15) is 0 Å². The number of likely N-dealkylation sites (N-methyl/N-ethyl adjacent to an activating group) is 2. The van der Waals surface area contributed by atoms with Crippen molar-refractivity contribution in [1.29, 1.82) is 0 Å². The molecule has 0 aliphatic carbocycles. The van der Waals surface area contributed by atoms with Gasteiger partial charge in [0, 0.05) is 6.54 Å². The van der Waals surface area contributed by atoms with Crippen LogP contribution >= 0.6 is 0 Å². The van der Waals surface area contributed by atoms with Crippen LogP contribution in [0.2, 0.25) is 0 Å². The van der Waals surface area contributed by atoms with Crippen molar-refractivity contribution in [2.75, 3.05) is 20.1 Å². The Morgan fingerprint density at radius 3 is 2.89 bits per heavy atom. The maximum absolute atomic E-state index is 5.22. The highest BCUT2D eigenvalue weighted by Crippen LogP contribution is 2.16. The van der Waals surface area contributed by atoms with E-state index in [9.17, 15) is 0 Å². The quantitative estimate of drug-likeness (QED) is 0.506. The maximum Gasteiger partial charge on any atom is 0.136 e. The van der Waals surface area contributed by atoms with E-state index >= 15 is 0 Å². The van der Waals surface area contributed by atoms with Gasteiger partial charge in [0.05, 0.1) is 0 Å². The normalized spacial score (nSPS) is 32.7. The maximum atomic E-state index is 5.22. The molecule has 0 amide bonds. The van der Waals surface area contributed by atoms with Gasteiger partial charge in [-0.15, -0.1) is 0 Å². The second-order valence-electron chi connectivity index (χ2n) is 2.21. The van der Waals surface area contributed by atoms with Crippen molar-refractivity contribution in [3.63, 3.8) is 0 Å². The average molecular weight is 130 g/mol. The number of hydrogen-bond acceptors (Lipinski definition) is 3. The second kappa shape index (κ2) is 3.15. The number of nitrogens with one attached hydrogen (secondary N) is 2. The minimum Gasteiger partial charge on any atom is -0.352 e. The van der Waals surface area contributed by atoms with Gasteiger partial charge < -0.3 is 10.1 Å². The summed E-state index contributed by atoms with van der Waals surface area (Å²) in [7, 11) is 1.94. The Labute approximate surface area is 55.8 Å². The number of rotatable bonds is 4. The number of epoxide rings is 1. The Balaban J connectivity index is 1.96. The third-order valence-electron chi connectivity index (χ3n) is 1.39. The van der Waals surface area contributed by atoms with Crippen LogP contribution in [-0.4, -0.2) is 32.5 Å². The van der Waals surface area contributed by atoms with E-state index in [2.05, 4.69) is 17.6 Å². The molecule has 0 aromatic heterocycles. The molecule has 1 unspecified atom stereocenters. The summed E-state index contributed by atoms with van der Waals surface area (Å²) in [6.07, 6.45) is 0.734. The van der Waals surface area contributed by atoms with Crippen LogP contribution in [0.4, 0.5) is 0 Å². The third-order valence-corrected chi connectivity index (χ3v) is 1.39. The Morgan fingerprint density at radius 2 is 2.33 bits per heavy atom. The molecule has 0 spiro atoms. The molecule has 1 aliphatic rings. The summed E-state index contributed by atoms with van der Waals surface area (Å²) in [5, 5.41) is 6.25. The van der Waals surface area contributed by atoms with Crippen molar-refractivity contribution in [2.45, 2.75) is 19.3 Å². The lowest BCUT2D eigenvalue weighted by Gasteiger charge is -1.92. The van der Waals surface area contributed by atoms with E-state index < -0.39 is 0 Å². The van der Waals surface area contributed by atoms with Crippen LogP contribution < -0.4 is 10.6 Å². The van der Waals surface area contributed by atoms with Gasteiger partial charge in [0.2, 0.25) is 0 Å². The van der Waals surface area contributed by atoms with Gasteiger partial charge in [-0.05, 0) is 13.6 Å². The first-order valence-electron chi connectivity index (χ1n) is 3.42. The largest absolute Gasteiger partial charge is 0.352 e. The minimum absolute atomic E-state index is 0.322. The Kier molecular flexibility index (Phi) is 2.45. The third kappa shape index (κ3) is 1.93. The first kappa shape index (κ1) is 6.99. The van der Waals surface area contributed by atoms with E-state index in [1.165, 1.54) is 0 Å². The Morgan fingerprint density at radius 1 is 1.56 bits per heavy atom. The molecule has 2 N–H and O–H groups in total. The molecule has 0 aromatic rings. The minimum atomic E-state index is 0.322. The molecule has 9 heavy (non-hydrogen) atoms. The van der Waals surface area contributed by atoms with Crippen LogP contribution in [0.5, 0.6) is 0 Å². The summed E-state index contributed by atoms with van der Waals surface area (Å²) in [6, 6.07) is 0. The summed E-state index contributed by atoms with van der Waals surface area (Å²) in [5.74, 6) is 0. The van der Waals surface area contributed by atoms with Gasteiger partial charge in [0.15, 0.2) is 0 Å². The summed E-state index contributed by atoms with van der Waals surface area (Å²) < 4.78 is 5.22. The van der Waals surface area contributed by atoms with Crippen molar-refractivity contribution in [3.05, 3.63) is 0 Å². The smallest absolute Gasteiger partial charge is 0.136 e. The van der Waals surface area contributed by atoms with E-state index in [0.717, 1.165) is 13.1 Å². The van der Waals surface area contributed by atoms with Crippen LogP contribution in [-0.2, 0) is 4.74 Å². The molecule has 2 atom stereocenters. The van der Waals surface area contributed by atoms with E-state index in [1.807, 2.05) is 7.05 Å². The first-order chi connectivity index (χ1) is 4.38. The van der Waals surface area contributed by atoms with Crippen LogP contribution in [0.15, 0.2) is 0 Å². The van der Waals surface area contributed by atoms with Crippen molar-refractivity contribution in [1.82, 2.24) is 10.6 Å². The van der Waals surface area contributed by atoms with Crippen molar-refractivity contribution >= 4 is 0 Å². The fourth-order valence-electron chi connectivity index (χ4n) is 0.880. The van der Waals surface area contributed by atoms with Crippen LogP contribution in [0.3, 0.4) is 0 Å². The lowest BCUT2D eigenvalue weighted by Crippen LogP contribution is -2.23. The lowest BCUT2D eigenvalue weighted by atomic mass is 10.4. The molecule has 0 bridgehead atoms. The topological polar surface area (TPSA) is 36.6 Å². The highest BCUT2D eigenvalue weighted by atomic mass is 16.6. The van der Waals surface area contributed by atoms with Crippen molar-refractivity contribution in [2.24, 2.45) is 0 Å². The van der Waals surface area contributed by atoms with Crippen molar-refractivity contribution in [3.8, 4) is 0 Å². The fraction of sp³-hybridized carbons (Fsp3) is 1.00. The van der Waals surface area contributed by atoms with E-state index in [4.69, 9.17) is 4.74 Å². The van der Waals surface area contributed by atoms with Crippen LogP contribution in [0.1, 0.15) is 6.92 Å². The molecule has 54 valence electrons. The molecule has 1 aliphatic heterocycles. The Hall–Kier alpha value is -0.120. The monoisotopic (exact) mass is 130 g/mol. The predicted octanol–water partition coefficient (Wildman–Crippen LogP) is -0.460. The molecule has 0 radical (unpaired) electrons. The van der Waals surface area contributed by atoms with Crippen molar-refractivity contribution < 1.29 is 4.74 Å². The molecular weight excluding hydrogens is 116 g/mol. The van der Waals surface area contributed by atoms with Gasteiger partial charge in [-0.1, -0.05) is 6.92 Å². The highest BCUT2D eigenvalue weighted by molar-refractivity contribution is 4.83. The first-order valence-corrected chi connectivity index (χ1v) is 3.42. The molecule has 1 heterocycles. The molecular formula is C6H14N2O. The zero-order valence-corrected chi connectivity index (χ0v) is 5.98. The molecule has 0 saturated carbocycles. The number of ether oxygens (including phenoxy) is 1. The Bertz CT molecular complexity index is 77.1. The summed E-state index contributed by atoms with van der Waals surface area (Å²) in [4.78, 5) is 0. The molecule has 1 fully saturated rings. The molecule has 1 saturated heterocycles. The van der Waals surface area contributed by atoms with Crippen LogP contribution in [0, 0.1) is 0 Å². The molecule has 1 rings (SSSR count). The summed E-state index contributed by atoms with van der Waals surface area (Å²) in [5.41, 5.74) is 0. The van der Waals surface area contributed by atoms with E-state index in [1.54, 1.807) is 0 Å². The molecule has 0 aromatic carbocycles. The standard InChI is InChI=1S/C6H14N2O/c1-3-8-6-5(9-6)4-7-2/h5-8H,3-4H2,1-2H3/t5-,6?/m0/s1. The zero-order chi connectivity index (χ0) is 6.69. The summed E-state index contributed by atoms with van der Waals surface area (Å²) >= 11 is 0. The zero-order valence-electron chi connectivity index (χ0n) is 5.98. The average Bonchev–Trinajstić information content (AvgIpc) is 2.50. The van der Waals surface area contributed by atoms with E-state index in [0.29, 0.717) is 12.3 Å². The van der Waals surface area contributed by atoms with Gasteiger partial charge in [-0.3, -0.25) is 5.32 Å². The lowest BCUT2D eigenvalue weighted by molar-refractivity contribution is 0.345. The van der Waals surface area contributed by atoms with Gasteiger partial charge in [0.25, 0.3) is 0 Å². The number of hydrogen-bond donors (Lipinski definition) is 2. The highest BCUT2D eigenvalue weighted by Gasteiger charge is 2.36. The second-order valence-corrected chi connectivity index (χ2v) is 2.21. The molecule has 3 heteroatoms.